The van der Waals surface area contributed by atoms with Crippen molar-refractivity contribution in [1.82, 2.24) is 4.90 Å². The van der Waals surface area contributed by atoms with E-state index in [9.17, 15) is 9.90 Å². The van der Waals surface area contributed by atoms with E-state index in [1.54, 1.807) is 13.8 Å². The Morgan fingerprint density at radius 2 is 1.80 bits per heavy atom. The van der Waals surface area contributed by atoms with Gasteiger partial charge in [0.05, 0.1) is 0 Å². The summed E-state index contributed by atoms with van der Waals surface area (Å²) >= 11 is 0. The predicted octanol–water partition coefficient (Wildman–Crippen LogP) is 2.61. The van der Waals surface area contributed by atoms with Gasteiger partial charge in [0.1, 0.15) is 5.54 Å². The molecule has 0 rings (SSSR count). The van der Waals surface area contributed by atoms with E-state index in [0.717, 1.165) is 13.0 Å². The topological polar surface area (TPSA) is 40.5 Å². The van der Waals surface area contributed by atoms with E-state index in [2.05, 4.69) is 25.7 Å². The largest absolute Gasteiger partial charge is 0.480 e. The minimum Gasteiger partial charge on any atom is -0.480 e. The Kier molecular flexibility index (Phi) is 5.29. The lowest BCUT2D eigenvalue weighted by Gasteiger charge is -2.39. The Morgan fingerprint density at radius 1 is 1.33 bits per heavy atom. The van der Waals surface area contributed by atoms with Gasteiger partial charge in [0, 0.05) is 6.04 Å². The number of likely N-dealkylation sites (N-methyl/N-ethyl adjacent to an activating group) is 1. The van der Waals surface area contributed by atoms with Crippen LogP contribution in [0.25, 0.3) is 0 Å². The van der Waals surface area contributed by atoms with Crippen molar-refractivity contribution in [3.8, 4) is 0 Å². The van der Waals surface area contributed by atoms with Crippen molar-refractivity contribution < 1.29 is 9.90 Å². The van der Waals surface area contributed by atoms with Gasteiger partial charge in [0.2, 0.25) is 0 Å². The maximum atomic E-state index is 11.2. The summed E-state index contributed by atoms with van der Waals surface area (Å²) in [5, 5.41) is 9.18. The van der Waals surface area contributed by atoms with Gasteiger partial charge in [0.25, 0.3) is 0 Å². The van der Waals surface area contributed by atoms with Crippen LogP contribution in [-0.4, -0.2) is 34.1 Å². The molecule has 0 saturated heterocycles. The molecule has 0 radical (unpaired) electrons. The summed E-state index contributed by atoms with van der Waals surface area (Å²) in [4.78, 5) is 13.2. The molecule has 1 N–H and O–H groups in total. The number of hydrogen-bond acceptors (Lipinski definition) is 2. The molecule has 15 heavy (non-hydrogen) atoms. The summed E-state index contributed by atoms with van der Waals surface area (Å²) in [6.07, 6.45) is 1.03. The van der Waals surface area contributed by atoms with Gasteiger partial charge < -0.3 is 5.11 Å². The molecule has 0 aliphatic rings. The molecule has 0 heterocycles. The van der Waals surface area contributed by atoms with Crippen LogP contribution in [0.3, 0.4) is 0 Å². The first kappa shape index (κ1) is 14.4. The van der Waals surface area contributed by atoms with Gasteiger partial charge in [-0.1, -0.05) is 20.8 Å². The normalized spacial score (nSPS) is 14.7. The van der Waals surface area contributed by atoms with Crippen LogP contribution >= 0.6 is 0 Å². The highest BCUT2D eigenvalue weighted by atomic mass is 16.4. The highest BCUT2D eigenvalue weighted by Crippen LogP contribution is 2.21. The number of rotatable bonds is 6. The first-order chi connectivity index (χ1) is 6.73. The molecular formula is C12H25NO2. The summed E-state index contributed by atoms with van der Waals surface area (Å²) < 4.78 is 0. The molecule has 0 spiro atoms. The maximum Gasteiger partial charge on any atom is 0.323 e. The summed E-state index contributed by atoms with van der Waals surface area (Å²) in [7, 11) is 0. The van der Waals surface area contributed by atoms with Crippen LogP contribution in [0.5, 0.6) is 0 Å². The fraction of sp³-hybridized carbons (Fsp3) is 0.917. The predicted molar refractivity (Wildman–Crippen MR) is 63.0 cm³/mol. The molecule has 0 aromatic rings. The molecule has 0 fully saturated rings. The molecule has 3 heteroatoms. The Hall–Kier alpha value is -0.570. The molecule has 0 aromatic heterocycles. The molecule has 0 aromatic carbocycles. The van der Waals surface area contributed by atoms with Crippen molar-refractivity contribution in [2.24, 2.45) is 5.92 Å². The SMILES string of the molecule is CCN(C(C)CC(C)C)C(C)(C)C(=O)O. The van der Waals surface area contributed by atoms with Crippen LogP contribution in [0.15, 0.2) is 0 Å². The Bertz CT molecular complexity index is 212. The van der Waals surface area contributed by atoms with Crippen molar-refractivity contribution in [2.45, 2.75) is 59.5 Å². The lowest BCUT2D eigenvalue weighted by molar-refractivity contribution is -0.151. The fourth-order valence-corrected chi connectivity index (χ4v) is 2.19. The van der Waals surface area contributed by atoms with Crippen molar-refractivity contribution in [3.63, 3.8) is 0 Å². The first-order valence-corrected chi connectivity index (χ1v) is 5.73. The highest BCUT2D eigenvalue weighted by Gasteiger charge is 2.36. The molecule has 1 unspecified atom stereocenters. The maximum absolute atomic E-state index is 11.2. The van der Waals surface area contributed by atoms with Gasteiger partial charge in [-0.15, -0.1) is 0 Å². The lowest BCUT2D eigenvalue weighted by atomic mass is 9.96. The third kappa shape index (κ3) is 3.82. The first-order valence-electron chi connectivity index (χ1n) is 5.73. The molecular weight excluding hydrogens is 190 g/mol. The zero-order chi connectivity index (χ0) is 12.2. The van der Waals surface area contributed by atoms with Crippen molar-refractivity contribution in [1.29, 1.82) is 0 Å². The van der Waals surface area contributed by atoms with Gasteiger partial charge in [-0.25, -0.2) is 0 Å². The van der Waals surface area contributed by atoms with E-state index in [-0.39, 0.29) is 0 Å². The third-order valence-corrected chi connectivity index (χ3v) is 2.93. The fourth-order valence-electron chi connectivity index (χ4n) is 2.19. The molecule has 0 amide bonds. The molecule has 0 saturated carbocycles. The summed E-state index contributed by atoms with van der Waals surface area (Å²) in [5.74, 6) is -0.154. The number of carbonyl (C=O) groups is 1. The monoisotopic (exact) mass is 215 g/mol. The van der Waals surface area contributed by atoms with Gasteiger partial charge >= 0.3 is 5.97 Å². The van der Waals surface area contributed by atoms with E-state index in [4.69, 9.17) is 0 Å². The zero-order valence-electron chi connectivity index (χ0n) is 10.9. The molecule has 0 aliphatic carbocycles. The van der Waals surface area contributed by atoms with E-state index >= 15 is 0 Å². The summed E-state index contributed by atoms with van der Waals surface area (Å²) in [5.41, 5.74) is -0.775. The van der Waals surface area contributed by atoms with Crippen LogP contribution < -0.4 is 0 Å². The second-order valence-corrected chi connectivity index (χ2v) is 5.13. The third-order valence-electron chi connectivity index (χ3n) is 2.93. The zero-order valence-corrected chi connectivity index (χ0v) is 10.9. The highest BCUT2D eigenvalue weighted by molar-refractivity contribution is 5.77. The summed E-state index contributed by atoms with van der Waals surface area (Å²) in [6.45, 7) is 12.8. The quantitative estimate of drug-likeness (QED) is 0.740. The Labute approximate surface area is 93.5 Å². The van der Waals surface area contributed by atoms with Gasteiger partial charge in [0.15, 0.2) is 0 Å². The lowest BCUT2D eigenvalue weighted by Crippen LogP contribution is -2.54. The molecule has 3 nitrogen and oxygen atoms in total. The minimum absolute atomic E-state index is 0.307. The molecule has 1 atom stereocenters. The molecule has 0 bridgehead atoms. The number of hydrogen-bond donors (Lipinski definition) is 1. The Balaban J connectivity index is 4.67. The second-order valence-electron chi connectivity index (χ2n) is 5.13. The number of nitrogens with zero attached hydrogens (tertiary/aromatic N) is 1. The van der Waals surface area contributed by atoms with Gasteiger partial charge in [-0.2, -0.15) is 0 Å². The summed E-state index contributed by atoms with van der Waals surface area (Å²) in [6, 6.07) is 0.307. The van der Waals surface area contributed by atoms with Crippen molar-refractivity contribution in [3.05, 3.63) is 0 Å². The van der Waals surface area contributed by atoms with E-state index in [1.165, 1.54) is 0 Å². The standard InChI is InChI=1S/C12H25NO2/c1-7-13(10(4)8-9(2)3)12(5,6)11(14)15/h9-10H,7-8H2,1-6H3,(H,14,15). The van der Waals surface area contributed by atoms with Crippen LogP contribution in [0, 0.1) is 5.92 Å². The van der Waals surface area contributed by atoms with Gasteiger partial charge in [-0.05, 0) is 39.7 Å². The van der Waals surface area contributed by atoms with Crippen LogP contribution in [0.2, 0.25) is 0 Å². The average molecular weight is 215 g/mol. The number of aliphatic carboxylic acids is 1. The Morgan fingerprint density at radius 3 is 2.07 bits per heavy atom. The number of carboxylic acid groups (broad SMARTS) is 1. The van der Waals surface area contributed by atoms with Crippen LogP contribution in [-0.2, 0) is 4.79 Å². The number of carboxylic acids is 1. The van der Waals surface area contributed by atoms with Crippen molar-refractivity contribution >= 4 is 5.97 Å². The van der Waals surface area contributed by atoms with Crippen LogP contribution in [0.1, 0.15) is 48.0 Å². The molecule has 90 valence electrons. The average Bonchev–Trinajstić information content (AvgIpc) is 2.02. The van der Waals surface area contributed by atoms with E-state index < -0.39 is 11.5 Å². The van der Waals surface area contributed by atoms with Crippen molar-refractivity contribution in [2.75, 3.05) is 6.54 Å². The van der Waals surface area contributed by atoms with E-state index in [0.29, 0.717) is 12.0 Å². The van der Waals surface area contributed by atoms with Crippen LogP contribution in [0.4, 0.5) is 0 Å². The van der Waals surface area contributed by atoms with E-state index in [1.807, 2.05) is 6.92 Å². The van der Waals surface area contributed by atoms with Gasteiger partial charge in [-0.3, -0.25) is 9.69 Å². The smallest absolute Gasteiger partial charge is 0.323 e. The molecule has 0 aliphatic heterocycles. The second kappa shape index (κ2) is 5.50. The minimum atomic E-state index is -0.775.